The average molecular weight is 295 g/mol. The second-order valence-corrected chi connectivity index (χ2v) is 5.73. The molecule has 1 rings (SSSR count). The summed E-state index contributed by atoms with van der Waals surface area (Å²) < 4.78 is 5.39. The van der Waals surface area contributed by atoms with Crippen LogP contribution < -0.4 is 10.1 Å². The number of thioether (sulfide) groups is 1. The average Bonchev–Trinajstić information content (AvgIpc) is 2.48. The summed E-state index contributed by atoms with van der Waals surface area (Å²) in [6, 6.07) is 7.86. The molecule has 3 nitrogen and oxygen atoms in total. The molecule has 0 atom stereocenters. The largest absolute Gasteiger partial charge is 0.494 e. The molecule has 0 fully saturated rings. The summed E-state index contributed by atoms with van der Waals surface area (Å²) in [7, 11) is 0. The molecule has 20 heavy (non-hydrogen) atoms. The molecule has 0 saturated carbocycles. The molecule has 1 N–H and O–H groups in total. The van der Waals surface area contributed by atoms with Crippen LogP contribution in [0.25, 0.3) is 0 Å². The minimum atomic E-state index is 0.107. The van der Waals surface area contributed by atoms with E-state index in [9.17, 15) is 4.79 Å². The van der Waals surface area contributed by atoms with Crippen LogP contribution in [0.3, 0.4) is 0 Å². The topological polar surface area (TPSA) is 38.3 Å². The molecule has 0 spiro atoms. The van der Waals surface area contributed by atoms with Gasteiger partial charge in [-0.25, -0.2) is 0 Å². The van der Waals surface area contributed by atoms with Gasteiger partial charge < -0.3 is 10.1 Å². The van der Waals surface area contributed by atoms with Crippen LogP contribution in [0.1, 0.15) is 33.6 Å². The molecule has 0 aliphatic rings. The van der Waals surface area contributed by atoms with Gasteiger partial charge in [0.05, 0.1) is 12.4 Å². The van der Waals surface area contributed by atoms with Crippen molar-refractivity contribution in [3.8, 4) is 5.75 Å². The number of hydrogen-bond acceptors (Lipinski definition) is 3. The first-order chi connectivity index (χ1) is 9.69. The van der Waals surface area contributed by atoms with E-state index >= 15 is 0 Å². The van der Waals surface area contributed by atoms with Crippen molar-refractivity contribution in [2.24, 2.45) is 5.92 Å². The van der Waals surface area contributed by atoms with Crippen molar-refractivity contribution in [3.05, 3.63) is 24.3 Å². The van der Waals surface area contributed by atoms with Crippen LogP contribution in [0.4, 0.5) is 0 Å². The van der Waals surface area contributed by atoms with E-state index in [0.717, 1.165) is 30.0 Å². The highest BCUT2D eigenvalue weighted by Crippen LogP contribution is 2.21. The third kappa shape index (κ3) is 6.33. The van der Waals surface area contributed by atoms with Crippen LogP contribution in [0, 0.1) is 5.92 Å². The van der Waals surface area contributed by atoms with Gasteiger partial charge in [0.25, 0.3) is 0 Å². The Balaban J connectivity index is 2.29. The number of nitrogens with one attached hydrogen (secondary N) is 1. The quantitative estimate of drug-likeness (QED) is 0.705. The van der Waals surface area contributed by atoms with E-state index in [-0.39, 0.29) is 5.91 Å². The Morgan fingerprint density at radius 1 is 1.20 bits per heavy atom. The molecule has 0 aliphatic carbocycles. The first kappa shape index (κ1) is 16.9. The fourth-order valence-electron chi connectivity index (χ4n) is 1.83. The second kappa shape index (κ2) is 9.70. The molecule has 112 valence electrons. The summed E-state index contributed by atoms with van der Waals surface area (Å²) in [5, 5.41) is 3.00. The fourth-order valence-corrected chi connectivity index (χ4v) is 2.56. The van der Waals surface area contributed by atoms with Crippen LogP contribution in [-0.4, -0.2) is 24.8 Å². The summed E-state index contributed by atoms with van der Waals surface area (Å²) in [6.45, 7) is 7.75. The third-order valence-corrected chi connectivity index (χ3v) is 4.26. The maximum atomic E-state index is 11.8. The molecule has 0 unspecified atom stereocenters. The van der Waals surface area contributed by atoms with Crippen LogP contribution in [0.5, 0.6) is 5.75 Å². The summed E-state index contributed by atoms with van der Waals surface area (Å²) in [6.07, 6.45) is 2.23. The summed E-state index contributed by atoms with van der Waals surface area (Å²) in [5.41, 5.74) is 0. The molecule has 0 heterocycles. The molecule has 0 bridgehead atoms. The first-order valence-corrected chi connectivity index (χ1v) is 8.30. The lowest BCUT2D eigenvalue weighted by Gasteiger charge is -2.13. The minimum Gasteiger partial charge on any atom is -0.494 e. The van der Waals surface area contributed by atoms with E-state index in [1.807, 2.05) is 31.2 Å². The van der Waals surface area contributed by atoms with Crippen molar-refractivity contribution in [1.29, 1.82) is 0 Å². The van der Waals surface area contributed by atoms with Crippen molar-refractivity contribution in [2.75, 3.05) is 18.9 Å². The van der Waals surface area contributed by atoms with Crippen LogP contribution in [0.15, 0.2) is 29.2 Å². The third-order valence-electron chi connectivity index (χ3n) is 3.25. The zero-order valence-corrected chi connectivity index (χ0v) is 13.5. The molecule has 0 saturated heterocycles. The molecule has 0 aliphatic heterocycles. The zero-order valence-electron chi connectivity index (χ0n) is 12.6. The normalized spacial score (nSPS) is 10.6. The van der Waals surface area contributed by atoms with Crippen LogP contribution in [0.2, 0.25) is 0 Å². The van der Waals surface area contributed by atoms with Gasteiger partial charge in [0.1, 0.15) is 5.75 Å². The summed E-state index contributed by atoms with van der Waals surface area (Å²) in [5.74, 6) is 2.04. The minimum absolute atomic E-state index is 0.107. The van der Waals surface area contributed by atoms with Crippen molar-refractivity contribution in [3.63, 3.8) is 0 Å². The van der Waals surface area contributed by atoms with Gasteiger partial charge in [-0.15, -0.1) is 11.8 Å². The Labute approximate surface area is 126 Å². The highest BCUT2D eigenvalue weighted by Gasteiger charge is 2.07. The maximum Gasteiger partial charge on any atom is 0.230 e. The highest BCUT2D eigenvalue weighted by atomic mass is 32.2. The van der Waals surface area contributed by atoms with Crippen LogP contribution >= 0.6 is 11.8 Å². The van der Waals surface area contributed by atoms with Gasteiger partial charge >= 0.3 is 0 Å². The molecular weight excluding hydrogens is 270 g/mol. The lowest BCUT2D eigenvalue weighted by Crippen LogP contribution is -2.30. The number of rotatable bonds is 9. The smallest absolute Gasteiger partial charge is 0.230 e. The molecule has 0 radical (unpaired) electrons. The molecular formula is C16H25NO2S. The Morgan fingerprint density at radius 3 is 2.40 bits per heavy atom. The van der Waals surface area contributed by atoms with E-state index in [1.165, 1.54) is 0 Å². The predicted octanol–water partition coefficient (Wildman–Crippen LogP) is 3.73. The van der Waals surface area contributed by atoms with Crippen molar-refractivity contribution in [2.45, 2.75) is 38.5 Å². The van der Waals surface area contributed by atoms with Gasteiger partial charge in [0.15, 0.2) is 0 Å². The van der Waals surface area contributed by atoms with Crippen molar-refractivity contribution in [1.82, 2.24) is 5.32 Å². The molecule has 1 amide bonds. The summed E-state index contributed by atoms with van der Waals surface area (Å²) in [4.78, 5) is 12.9. The number of carbonyl (C=O) groups excluding carboxylic acids is 1. The van der Waals surface area contributed by atoms with Gasteiger partial charge in [0, 0.05) is 11.4 Å². The fraction of sp³-hybridized carbons (Fsp3) is 0.562. The number of carbonyl (C=O) groups is 1. The van der Waals surface area contributed by atoms with Gasteiger partial charge in [0.2, 0.25) is 5.91 Å². The standard InChI is InChI=1S/C16H25NO2S/c1-4-13(5-2)11-17-16(18)12-20-15-9-7-14(8-10-15)19-6-3/h7-10,13H,4-6,11-12H2,1-3H3,(H,17,18). The lowest BCUT2D eigenvalue weighted by atomic mass is 10.0. The van der Waals surface area contributed by atoms with E-state index in [4.69, 9.17) is 4.74 Å². The van der Waals surface area contributed by atoms with E-state index < -0.39 is 0 Å². The van der Waals surface area contributed by atoms with Gasteiger partial charge in [-0.3, -0.25) is 4.79 Å². The zero-order chi connectivity index (χ0) is 14.8. The highest BCUT2D eigenvalue weighted by molar-refractivity contribution is 8.00. The number of benzene rings is 1. The lowest BCUT2D eigenvalue weighted by molar-refractivity contribution is -0.118. The van der Waals surface area contributed by atoms with E-state index in [2.05, 4.69) is 19.2 Å². The Hall–Kier alpha value is -1.16. The first-order valence-electron chi connectivity index (χ1n) is 7.31. The van der Waals surface area contributed by atoms with Gasteiger partial charge in [-0.05, 0) is 37.1 Å². The molecule has 1 aromatic carbocycles. The van der Waals surface area contributed by atoms with Gasteiger partial charge in [-0.1, -0.05) is 26.7 Å². The SMILES string of the molecule is CCOc1ccc(SCC(=O)NCC(CC)CC)cc1. The molecule has 1 aromatic rings. The van der Waals surface area contributed by atoms with E-state index in [1.54, 1.807) is 11.8 Å². The van der Waals surface area contributed by atoms with Gasteiger partial charge in [-0.2, -0.15) is 0 Å². The number of ether oxygens (including phenoxy) is 1. The van der Waals surface area contributed by atoms with Crippen molar-refractivity contribution >= 4 is 17.7 Å². The summed E-state index contributed by atoms with van der Waals surface area (Å²) >= 11 is 1.55. The molecule has 4 heteroatoms. The maximum absolute atomic E-state index is 11.8. The molecule has 0 aromatic heterocycles. The predicted molar refractivity (Wildman–Crippen MR) is 85.4 cm³/mol. The van der Waals surface area contributed by atoms with E-state index in [0.29, 0.717) is 18.3 Å². The number of hydrogen-bond donors (Lipinski definition) is 1. The Kier molecular flexibility index (Phi) is 8.19. The second-order valence-electron chi connectivity index (χ2n) is 4.68. The number of amides is 1. The Morgan fingerprint density at radius 2 is 1.85 bits per heavy atom. The Bertz CT molecular complexity index is 388. The monoisotopic (exact) mass is 295 g/mol. The van der Waals surface area contributed by atoms with Crippen LogP contribution in [-0.2, 0) is 4.79 Å². The van der Waals surface area contributed by atoms with Crippen molar-refractivity contribution < 1.29 is 9.53 Å².